The van der Waals surface area contributed by atoms with Crippen molar-refractivity contribution in [1.82, 2.24) is 20.4 Å². The number of nitrogens with two attached hydrogens (primary N) is 1. The van der Waals surface area contributed by atoms with Gasteiger partial charge in [-0.25, -0.2) is 4.79 Å². The van der Waals surface area contributed by atoms with Crippen molar-refractivity contribution < 1.29 is 33.5 Å². The molecule has 4 N–H and O–H groups in total. The quantitative estimate of drug-likeness (QED) is 0.369. The second kappa shape index (κ2) is 14.2. The maximum Gasteiger partial charge on any atom is 0.329 e. The number of rotatable bonds is 7. The third-order valence-electron chi connectivity index (χ3n) is 8.44. The van der Waals surface area contributed by atoms with Gasteiger partial charge in [0.15, 0.2) is 11.9 Å². The van der Waals surface area contributed by atoms with Crippen LogP contribution < -0.4 is 16.4 Å². The van der Waals surface area contributed by atoms with Gasteiger partial charge >= 0.3 is 5.97 Å². The number of ketones is 1. The Morgan fingerprint density at radius 3 is 2.07 bits per heavy atom. The first-order chi connectivity index (χ1) is 19.0. The summed E-state index contributed by atoms with van der Waals surface area (Å²) in [5.41, 5.74) is 5.93. The number of hydrogen-bond donors (Lipinski definition) is 3. The molecule has 2 heterocycles. The minimum absolute atomic E-state index is 0.214. The maximum atomic E-state index is 14.1. The number of nitrogens with zero attached hydrogens (tertiary/aromatic N) is 2. The zero-order chi connectivity index (χ0) is 31.3. The molecule has 2 aliphatic heterocycles. The number of fused-ring (bicyclic) bond motifs is 1. The normalized spacial score (nSPS) is 29.3. The highest BCUT2D eigenvalue weighted by Crippen LogP contribution is 2.28. The molecular weight excluding hydrogens is 530 g/mol. The Labute approximate surface area is 243 Å². The second-order valence-electron chi connectivity index (χ2n) is 12.2. The van der Waals surface area contributed by atoms with E-state index in [0.717, 1.165) is 0 Å². The molecule has 2 rings (SSSR count). The van der Waals surface area contributed by atoms with Crippen molar-refractivity contribution in [2.75, 3.05) is 13.6 Å². The van der Waals surface area contributed by atoms with E-state index in [2.05, 4.69) is 10.6 Å². The predicted octanol–water partition coefficient (Wildman–Crippen LogP) is 0.610. The number of cyclic esters (lactones) is 1. The molecule has 0 bridgehead atoms. The fraction of sp³-hybridized carbons (Fsp3) is 0.793. The van der Waals surface area contributed by atoms with E-state index in [4.69, 9.17) is 10.5 Å². The zero-order valence-electron chi connectivity index (χ0n) is 25.9. The Morgan fingerprint density at radius 2 is 1.56 bits per heavy atom. The van der Waals surface area contributed by atoms with Crippen molar-refractivity contribution >= 4 is 35.4 Å². The Kier molecular flexibility index (Phi) is 11.9. The molecule has 41 heavy (non-hydrogen) atoms. The van der Waals surface area contributed by atoms with Crippen LogP contribution in [-0.4, -0.2) is 95.1 Å². The van der Waals surface area contributed by atoms with Crippen molar-refractivity contribution in [2.24, 2.45) is 29.4 Å². The largest absolute Gasteiger partial charge is 0.450 e. The number of carbonyl (C=O) groups is 6. The van der Waals surface area contributed by atoms with Gasteiger partial charge in [-0.3, -0.25) is 24.0 Å². The Morgan fingerprint density at radius 1 is 0.976 bits per heavy atom. The van der Waals surface area contributed by atoms with Gasteiger partial charge in [-0.2, -0.15) is 0 Å². The average molecular weight is 580 g/mol. The van der Waals surface area contributed by atoms with Crippen LogP contribution in [0.25, 0.3) is 0 Å². The van der Waals surface area contributed by atoms with Crippen molar-refractivity contribution in [3.63, 3.8) is 0 Å². The van der Waals surface area contributed by atoms with Gasteiger partial charge in [-0.15, -0.1) is 0 Å². The van der Waals surface area contributed by atoms with Gasteiger partial charge in [-0.1, -0.05) is 48.0 Å². The number of amides is 4. The monoisotopic (exact) mass is 579 g/mol. The van der Waals surface area contributed by atoms with Crippen LogP contribution in [-0.2, 0) is 33.5 Å². The Balaban J connectivity index is 2.69. The first-order valence-corrected chi connectivity index (χ1v) is 14.7. The molecule has 12 nitrogen and oxygen atoms in total. The third kappa shape index (κ3) is 7.64. The summed E-state index contributed by atoms with van der Waals surface area (Å²) in [6.45, 7) is 13.9. The summed E-state index contributed by atoms with van der Waals surface area (Å²) in [5.74, 6) is -5.69. The van der Waals surface area contributed by atoms with E-state index in [9.17, 15) is 28.8 Å². The topological polar surface area (TPSA) is 168 Å². The molecule has 0 saturated carbocycles. The van der Waals surface area contributed by atoms with Crippen molar-refractivity contribution in [2.45, 2.75) is 111 Å². The van der Waals surface area contributed by atoms with E-state index in [1.165, 1.54) is 30.7 Å². The first kappa shape index (κ1) is 34.2. The predicted molar refractivity (Wildman–Crippen MR) is 152 cm³/mol. The number of esters is 1. The highest BCUT2D eigenvalue weighted by atomic mass is 16.6. The maximum absolute atomic E-state index is 14.1. The van der Waals surface area contributed by atoms with Crippen LogP contribution in [0.2, 0.25) is 0 Å². The van der Waals surface area contributed by atoms with Gasteiger partial charge in [0.25, 0.3) is 5.91 Å². The smallest absolute Gasteiger partial charge is 0.329 e. The minimum Gasteiger partial charge on any atom is -0.450 e. The molecule has 1 unspecified atom stereocenters. The van der Waals surface area contributed by atoms with Crippen LogP contribution in [0.1, 0.15) is 74.7 Å². The number of Topliss-reactive ketones (excluding diaryl/α,β-unsaturated/α-hetero) is 1. The summed E-state index contributed by atoms with van der Waals surface area (Å²) in [4.78, 5) is 83.9. The number of likely N-dealkylation sites (N-methyl/N-ethyl adjacent to an activating group) is 1. The number of nitrogens with one attached hydrogen (secondary N) is 2. The summed E-state index contributed by atoms with van der Waals surface area (Å²) in [6.07, 6.45) is -0.117. The Bertz CT molecular complexity index is 1010. The van der Waals surface area contributed by atoms with Gasteiger partial charge in [0.1, 0.15) is 24.2 Å². The van der Waals surface area contributed by atoms with E-state index < -0.39 is 83.5 Å². The molecule has 232 valence electrons. The lowest BCUT2D eigenvalue weighted by Gasteiger charge is -2.35. The van der Waals surface area contributed by atoms with E-state index in [1.54, 1.807) is 27.7 Å². The second-order valence-corrected chi connectivity index (χ2v) is 12.2. The molecule has 0 aliphatic carbocycles. The molecule has 8 atom stereocenters. The summed E-state index contributed by atoms with van der Waals surface area (Å²) in [7, 11) is 1.42. The number of ether oxygens (including phenoxy) is 1. The van der Waals surface area contributed by atoms with Crippen LogP contribution in [0.4, 0.5) is 0 Å². The molecule has 0 aromatic carbocycles. The molecule has 0 spiro atoms. The van der Waals surface area contributed by atoms with Gasteiger partial charge in [0.05, 0.1) is 12.0 Å². The van der Waals surface area contributed by atoms with Gasteiger partial charge in [-0.05, 0) is 44.4 Å². The molecule has 2 fully saturated rings. The standard InChI is InChI=1S/C29H49N5O7/c1-10-16(6)22-26(37)31-21(15(4)5)27(38)33(9)18(8)29(40)41-24(20(14(2)3)23(35)17(7)30)28(39)34-13-11-12-19(34)25(36)32-22/h14-22,24H,10-13,30H2,1-9H3,(H,31,37)(H,32,36)/t16-,17-,18-,19-,20?,21-,22-,24+/m0/s1. The van der Waals surface area contributed by atoms with E-state index in [-0.39, 0.29) is 18.4 Å². The van der Waals surface area contributed by atoms with Crippen LogP contribution in [0.3, 0.4) is 0 Å². The SMILES string of the molecule is CC[C@H](C)[C@@H]1NC(=O)[C@@H]2CCCN2C(=O)[C@@H](C(C(=O)[C@H](C)N)C(C)C)OC(=O)[C@H](C)N(C)C(=O)[C@H](C(C)C)NC1=O. The fourth-order valence-electron chi connectivity index (χ4n) is 5.37. The molecule has 0 radical (unpaired) electrons. The molecule has 0 aromatic rings. The van der Waals surface area contributed by atoms with E-state index in [0.29, 0.717) is 19.3 Å². The van der Waals surface area contributed by atoms with Crippen molar-refractivity contribution in [3.05, 3.63) is 0 Å². The van der Waals surface area contributed by atoms with E-state index >= 15 is 0 Å². The van der Waals surface area contributed by atoms with Crippen LogP contribution in [0.15, 0.2) is 0 Å². The zero-order valence-corrected chi connectivity index (χ0v) is 25.9. The lowest BCUT2D eigenvalue weighted by molar-refractivity contribution is -0.172. The minimum atomic E-state index is -1.54. The molecule has 12 heteroatoms. The lowest BCUT2D eigenvalue weighted by Crippen LogP contribution is -2.60. The molecule has 2 aliphatic rings. The van der Waals surface area contributed by atoms with E-state index in [1.807, 2.05) is 13.8 Å². The molecule has 0 aromatic heterocycles. The van der Waals surface area contributed by atoms with Crippen LogP contribution in [0, 0.1) is 23.7 Å². The lowest BCUT2D eigenvalue weighted by atomic mass is 9.83. The van der Waals surface area contributed by atoms with Crippen molar-refractivity contribution in [1.29, 1.82) is 0 Å². The third-order valence-corrected chi connectivity index (χ3v) is 8.44. The highest BCUT2D eigenvalue weighted by Gasteiger charge is 2.47. The van der Waals surface area contributed by atoms with Crippen LogP contribution >= 0.6 is 0 Å². The molecular formula is C29H49N5O7. The molecule has 4 amide bonds. The Hall–Kier alpha value is -3.02. The molecule has 2 saturated heterocycles. The van der Waals surface area contributed by atoms with Crippen LogP contribution in [0.5, 0.6) is 0 Å². The summed E-state index contributed by atoms with van der Waals surface area (Å²) >= 11 is 0. The average Bonchev–Trinajstić information content (AvgIpc) is 3.41. The summed E-state index contributed by atoms with van der Waals surface area (Å²) in [6, 6.07) is -4.93. The first-order valence-electron chi connectivity index (χ1n) is 14.7. The van der Waals surface area contributed by atoms with Gasteiger partial charge < -0.3 is 30.9 Å². The van der Waals surface area contributed by atoms with Crippen molar-refractivity contribution in [3.8, 4) is 0 Å². The summed E-state index contributed by atoms with van der Waals surface area (Å²) < 4.78 is 5.78. The number of hydrogen-bond acceptors (Lipinski definition) is 8. The highest BCUT2D eigenvalue weighted by molar-refractivity contribution is 5.99. The fourth-order valence-corrected chi connectivity index (χ4v) is 5.37. The van der Waals surface area contributed by atoms with Gasteiger partial charge in [0, 0.05) is 13.6 Å². The van der Waals surface area contributed by atoms with Gasteiger partial charge in [0.2, 0.25) is 17.7 Å². The number of carbonyl (C=O) groups excluding carboxylic acids is 6. The summed E-state index contributed by atoms with van der Waals surface area (Å²) in [5, 5.41) is 5.61.